The summed E-state index contributed by atoms with van der Waals surface area (Å²) in [5.74, 6) is 0.517. The van der Waals surface area contributed by atoms with Gasteiger partial charge in [0.25, 0.3) is 10.1 Å². The predicted molar refractivity (Wildman–Crippen MR) is 121 cm³/mol. The van der Waals surface area contributed by atoms with Crippen LogP contribution in [-0.2, 0) is 21.3 Å². The molecule has 8 N–H and O–H groups in total. The molecule has 1 saturated heterocycles. The molecule has 0 bridgehead atoms. The van der Waals surface area contributed by atoms with Crippen molar-refractivity contribution >= 4 is 27.1 Å². The van der Waals surface area contributed by atoms with Crippen LogP contribution in [-0.4, -0.2) is 79.3 Å². The van der Waals surface area contributed by atoms with Crippen LogP contribution in [0, 0.1) is 0 Å². The van der Waals surface area contributed by atoms with E-state index in [-0.39, 0.29) is 11.0 Å². The van der Waals surface area contributed by atoms with Crippen LogP contribution in [0.15, 0.2) is 41.8 Å². The number of benzene rings is 1. The van der Waals surface area contributed by atoms with E-state index < -0.39 is 41.3 Å². The number of ether oxygens (including phenoxy) is 1. The fraction of sp³-hybridized carbons (Fsp3) is 0.450. The standard InChI is InChI=1S/C20H25N5O7S.H3N/c26-9-14-16(27)17(28)20(32-14)25-11-24-15-18(22-10-23-19(15)25)21-8-2-1-3-12-4-6-13(7-5-12)33(29,30)31;/h4-7,10-11,14,16-17,20,26-28H,1-3,8-9H2,(H,21,22,23)(H,29,30,31);1H3/t14-,16-,17-,20-;/m1./s1. The SMILES string of the molecule is N.O=S(=O)(O)c1ccc(CCCCNc2ncnc3c2ncn3[C@@H]2O[C@H](CO)[C@@H](O)[C@H]2O)cc1. The first-order chi connectivity index (χ1) is 15.8. The lowest BCUT2D eigenvalue weighted by atomic mass is 10.1. The molecule has 1 fully saturated rings. The maximum Gasteiger partial charge on any atom is 0.294 e. The van der Waals surface area contributed by atoms with Gasteiger partial charge in [0.15, 0.2) is 23.2 Å². The van der Waals surface area contributed by atoms with Crippen LogP contribution in [0.3, 0.4) is 0 Å². The van der Waals surface area contributed by atoms with Gasteiger partial charge in [0.2, 0.25) is 0 Å². The lowest BCUT2D eigenvalue weighted by Gasteiger charge is -2.16. The Balaban J connectivity index is 0.00000324. The second-order valence-corrected chi connectivity index (χ2v) is 9.20. The third-order valence-electron chi connectivity index (χ3n) is 5.56. The summed E-state index contributed by atoms with van der Waals surface area (Å²) in [5.41, 5.74) is 1.86. The Hall–Kier alpha value is -2.72. The Morgan fingerprint density at radius 1 is 1.06 bits per heavy atom. The number of fused-ring (bicyclic) bond motifs is 1. The molecule has 1 aliphatic heterocycles. The molecule has 3 heterocycles. The number of hydrogen-bond donors (Lipinski definition) is 6. The molecule has 0 spiro atoms. The minimum Gasteiger partial charge on any atom is -0.394 e. The maximum absolute atomic E-state index is 11.1. The van der Waals surface area contributed by atoms with Crippen molar-refractivity contribution in [1.82, 2.24) is 25.7 Å². The van der Waals surface area contributed by atoms with Crippen molar-refractivity contribution in [1.29, 1.82) is 0 Å². The van der Waals surface area contributed by atoms with E-state index in [9.17, 15) is 23.7 Å². The summed E-state index contributed by atoms with van der Waals surface area (Å²) in [4.78, 5) is 12.6. The van der Waals surface area contributed by atoms with Crippen LogP contribution in [0.1, 0.15) is 24.6 Å². The van der Waals surface area contributed by atoms with Gasteiger partial charge >= 0.3 is 0 Å². The van der Waals surface area contributed by atoms with Gasteiger partial charge in [0.1, 0.15) is 24.6 Å². The zero-order chi connectivity index (χ0) is 23.6. The van der Waals surface area contributed by atoms with Gasteiger partial charge in [-0.05, 0) is 37.0 Å². The van der Waals surface area contributed by atoms with Gasteiger partial charge in [-0.25, -0.2) is 15.0 Å². The smallest absolute Gasteiger partial charge is 0.294 e. The molecule has 4 rings (SSSR count). The van der Waals surface area contributed by atoms with Crippen molar-refractivity contribution in [2.45, 2.75) is 48.7 Å². The van der Waals surface area contributed by atoms with Crippen molar-refractivity contribution < 1.29 is 33.0 Å². The van der Waals surface area contributed by atoms with Crippen molar-refractivity contribution in [3.63, 3.8) is 0 Å². The Bertz CT molecular complexity index is 1200. The van der Waals surface area contributed by atoms with Crippen molar-refractivity contribution in [3.05, 3.63) is 42.5 Å². The highest BCUT2D eigenvalue weighted by atomic mass is 32.2. The van der Waals surface area contributed by atoms with Gasteiger partial charge in [0, 0.05) is 6.54 Å². The second-order valence-electron chi connectivity index (χ2n) is 7.78. The number of rotatable bonds is 9. The van der Waals surface area contributed by atoms with E-state index in [2.05, 4.69) is 20.3 Å². The average molecular weight is 497 g/mol. The third-order valence-corrected chi connectivity index (χ3v) is 6.42. The third kappa shape index (κ3) is 5.33. The van der Waals surface area contributed by atoms with Crippen molar-refractivity contribution in [2.24, 2.45) is 0 Å². The fourth-order valence-corrected chi connectivity index (χ4v) is 4.25. The van der Waals surface area contributed by atoms with Crippen LogP contribution < -0.4 is 11.5 Å². The van der Waals surface area contributed by atoms with Gasteiger partial charge in [0.05, 0.1) is 17.8 Å². The van der Waals surface area contributed by atoms with E-state index in [1.807, 2.05) is 0 Å². The van der Waals surface area contributed by atoms with Crippen molar-refractivity contribution in [3.8, 4) is 0 Å². The molecule has 14 heteroatoms. The first kappa shape index (κ1) is 25.9. The van der Waals surface area contributed by atoms with E-state index in [1.54, 1.807) is 12.1 Å². The number of imidazole rings is 1. The molecule has 1 aromatic carbocycles. The number of nitrogens with one attached hydrogen (secondary N) is 1. The molecule has 0 amide bonds. The maximum atomic E-state index is 11.1. The number of aryl methyl sites for hydroxylation is 1. The predicted octanol–water partition coefficient (Wildman–Crippen LogP) is 0.281. The van der Waals surface area contributed by atoms with E-state index in [0.29, 0.717) is 23.5 Å². The normalized spacial score (nSPS) is 22.6. The van der Waals surface area contributed by atoms with E-state index in [1.165, 1.54) is 29.4 Å². The molecular formula is C20H28N6O7S. The number of anilines is 1. The molecule has 34 heavy (non-hydrogen) atoms. The number of aliphatic hydroxyl groups is 3. The molecule has 0 radical (unpaired) electrons. The van der Waals surface area contributed by atoms with Gasteiger partial charge in [-0.1, -0.05) is 12.1 Å². The molecule has 3 aromatic rings. The molecule has 0 unspecified atom stereocenters. The summed E-state index contributed by atoms with van der Waals surface area (Å²) < 4.78 is 38.3. The zero-order valence-electron chi connectivity index (χ0n) is 18.2. The molecule has 4 atom stereocenters. The summed E-state index contributed by atoms with van der Waals surface area (Å²) in [7, 11) is -4.19. The molecule has 2 aromatic heterocycles. The first-order valence-electron chi connectivity index (χ1n) is 10.4. The number of aliphatic hydroxyl groups excluding tert-OH is 3. The summed E-state index contributed by atoms with van der Waals surface area (Å²) in [6.45, 7) is 0.184. The van der Waals surface area contributed by atoms with Gasteiger partial charge in [-0.2, -0.15) is 8.42 Å². The quantitative estimate of drug-likeness (QED) is 0.174. The Kier molecular flexibility index (Phi) is 8.14. The summed E-state index contributed by atoms with van der Waals surface area (Å²) in [6.07, 6.45) is 0.904. The highest BCUT2D eigenvalue weighted by molar-refractivity contribution is 7.85. The number of nitrogens with zero attached hydrogens (tertiary/aromatic N) is 4. The topological polar surface area (TPSA) is 215 Å². The number of hydrogen-bond acceptors (Lipinski definition) is 11. The Morgan fingerprint density at radius 2 is 1.79 bits per heavy atom. The summed E-state index contributed by atoms with van der Waals surface area (Å²) >= 11 is 0. The van der Waals surface area contributed by atoms with Gasteiger partial charge in [-0.3, -0.25) is 9.12 Å². The molecule has 0 aliphatic carbocycles. The largest absolute Gasteiger partial charge is 0.394 e. The highest BCUT2D eigenvalue weighted by Gasteiger charge is 2.44. The molecule has 13 nitrogen and oxygen atoms in total. The summed E-state index contributed by atoms with van der Waals surface area (Å²) in [5, 5.41) is 32.8. The molecule has 1 aliphatic rings. The van der Waals surface area contributed by atoms with Crippen LogP contribution in [0.25, 0.3) is 11.2 Å². The number of unbranched alkanes of at least 4 members (excludes halogenated alkanes) is 1. The lowest BCUT2D eigenvalue weighted by molar-refractivity contribution is -0.0511. The number of aromatic nitrogens is 4. The summed E-state index contributed by atoms with van der Waals surface area (Å²) in [6, 6.07) is 6.11. The van der Waals surface area contributed by atoms with Crippen LogP contribution >= 0.6 is 0 Å². The molecule has 0 saturated carbocycles. The molecular weight excluding hydrogens is 468 g/mol. The first-order valence-corrected chi connectivity index (χ1v) is 11.8. The Labute approximate surface area is 195 Å². The fourth-order valence-electron chi connectivity index (χ4n) is 3.77. The van der Waals surface area contributed by atoms with Gasteiger partial charge in [-0.15, -0.1) is 0 Å². The minimum atomic E-state index is -4.19. The molecule has 186 valence electrons. The van der Waals surface area contributed by atoms with Gasteiger partial charge < -0.3 is 31.5 Å². The second kappa shape index (κ2) is 10.7. The van der Waals surface area contributed by atoms with Crippen LogP contribution in [0.5, 0.6) is 0 Å². The minimum absolute atomic E-state index is 0. The van der Waals surface area contributed by atoms with E-state index >= 15 is 0 Å². The van der Waals surface area contributed by atoms with E-state index in [4.69, 9.17) is 9.29 Å². The highest BCUT2D eigenvalue weighted by Crippen LogP contribution is 2.32. The van der Waals surface area contributed by atoms with Crippen molar-refractivity contribution in [2.75, 3.05) is 18.5 Å². The van der Waals surface area contributed by atoms with E-state index in [0.717, 1.165) is 24.8 Å². The Morgan fingerprint density at radius 3 is 2.44 bits per heavy atom. The van der Waals surface area contributed by atoms with Crippen LogP contribution in [0.2, 0.25) is 0 Å². The van der Waals surface area contributed by atoms with Crippen LogP contribution in [0.4, 0.5) is 5.82 Å². The monoisotopic (exact) mass is 496 g/mol. The zero-order valence-corrected chi connectivity index (χ0v) is 19.0. The average Bonchev–Trinajstić information content (AvgIpc) is 3.34. The lowest BCUT2D eigenvalue weighted by Crippen LogP contribution is -2.33.